The van der Waals surface area contributed by atoms with Crippen LogP contribution in [0.4, 0.5) is 17.1 Å². The highest BCUT2D eigenvalue weighted by atomic mass is 79.9. The molecule has 0 saturated carbocycles. The summed E-state index contributed by atoms with van der Waals surface area (Å²) in [5, 5.41) is 13.5. The van der Waals surface area contributed by atoms with Gasteiger partial charge in [-0.25, -0.2) is 0 Å². The number of benzene rings is 2. The van der Waals surface area contributed by atoms with Gasteiger partial charge in [0, 0.05) is 22.1 Å². The number of ether oxygens (including phenoxy) is 1. The van der Waals surface area contributed by atoms with Crippen molar-refractivity contribution in [2.24, 2.45) is 0 Å². The summed E-state index contributed by atoms with van der Waals surface area (Å²) in [7, 11) is 1.56. The SMILES string of the molecule is COc1cc2ncc(C#N)c(Nc3ccccc3Br)c2cc1N. The van der Waals surface area contributed by atoms with Crippen LogP contribution in [-0.2, 0) is 0 Å². The van der Waals surface area contributed by atoms with E-state index in [1.54, 1.807) is 19.2 Å². The largest absolute Gasteiger partial charge is 0.495 e. The van der Waals surface area contributed by atoms with Gasteiger partial charge in [-0.15, -0.1) is 0 Å². The fourth-order valence-electron chi connectivity index (χ4n) is 2.33. The van der Waals surface area contributed by atoms with Crippen LogP contribution >= 0.6 is 15.9 Å². The van der Waals surface area contributed by atoms with Crippen LogP contribution in [0.3, 0.4) is 0 Å². The Bertz CT molecular complexity index is 934. The Hall–Kier alpha value is -2.78. The highest BCUT2D eigenvalue weighted by molar-refractivity contribution is 9.10. The number of nitriles is 1. The van der Waals surface area contributed by atoms with Gasteiger partial charge in [0.1, 0.15) is 11.8 Å². The summed E-state index contributed by atoms with van der Waals surface area (Å²) in [4.78, 5) is 4.32. The van der Waals surface area contributed by atoms with Gasteiger partial charge < -0.3 is 15.8 Å². The Kier molecular flexibility index (Phi) is 4.04. The van der Waals surface area contributed by atoms with Gasteiger partial charge in [0.2, 0.25) is 0 Å². The van der Waals surface area contributed by atoms with Crippen molar-refractivity contribution in [3.8, 4) is 11.8 Å². The van der Waals surface area contributed by atoms with Crippen LogP contribution in [-0.4, -0.2) is 12.1 Å². The van der Waals surface area contributed by atoms with Gasteiger partial charge in [0.25, 0.3) is 0 Å². The predicted octanol–water partition coefficient (Wildman–Crippen LogP) is 4.20. The van der Waals surface area contributed by atoms with E-state index >= 15 is 0 Å². The predicted molar refractivity (Wildman–Crippen MR) is 94.8 cm³/mol. The number of halogens is 1. The number of hydrogen-bond donors (Lipinski definition) is 2. The van der Waals surface area contributed by atoms with Crippen molar-refractivity contribution < 1.29 is 4.74 Å². The number of aromatic nitrogens is 1. The second kappa shape index (κ2) is 6.15. The number of nitrogens with zero attached hydrogens (tertiary/aromatic N) is 2. The zero-order valence-electron chi connectivity index (χ0n) is 12.3. The van der Waals surface area contributed by atoms with Crippen LogP contribution in [0.1, 0.15) is 5.56 Å². The van der Waals surface area contributed by atoms with E-state index in [4.69, 9.17) is 10.5 Å². The Balaban J connectivity index is 2.23. The third-order valence-corrected chi connectivity index (χ3v) is 4.16. The molecule has 0 aliphatic rings. The topological polar surface area (TPSA) is 84.0 Å². The summed E-state index contributed by atoms with van der Waals surface area (Å²) in [6.07, 6.45) is 1.54. The lowest BCUT2D eigenvalue weighted by atomic mass is 10.1. The molecule has 3 N–H and O–H groups in total. The maximum Gasteiger partial charge on any atom is 0.143 e. The molecule has 0 radical (unpaired) electrons. The lowest BCUT2D eigenvalue weighted by Gasteiger charge is -2.14. The van der Waals surface area contributed by atoms with Crippen molar-refractivity contribution in [1.82, 2.24) is 4.98 Å². The standard InChI is InChI=1S/C17H13BrN4O/c1-23-16-7-15-11(6-13(16)20)17(10(8-19)9-21-15)22-14-5-3-2-4-12(14)18/h2-7,9H,20H2,1H3,(H,21,22). The van der Waals surface area contributed by atoms with Crippen molar-refractivity contribution in [1.29, 1.82) is 5.26 Å². The number of nitrogens with two attached hydrogens (primary N) is 1. The molecule has 0 unspecified atom stereocenters. The summed E-state index contributed by atoms with van der Waals surface area (Å²) in [6, 6.07) is 13.4. The van der Waals surface area contributed by atoms with Crippen LogP contribution in [0.15, 0.2) is 47.1 Å². The molecule has 0 bridgehead atoms. The molecule has 3 rings (SSSR count). The van der Waals surface area contributed by atoms with E-state index in [0.717, 1.165) is 15.5 Å². The molecule has 0 aliphatic heterocycles. The van der Waals surface area contributed by atoms with Crippen molar-refractivity contribution in [3.63, 3.8) is 0 Å². The van der Waals surface area contributed by atoms with Crippen LogP contribution in [0.25, 0.3) is 10.9 Å². The van der Waals surface area contributed by atoms with Crippen LogP contribution < -0.4 is 15.8 Å². The minimum absolute atomic E-state index is 0.442. The Morgan fingerprint density at radius 1 is 1.30 bits per heavy atom. The molecule has 1 aromatic heterocycles. The monoisotopic (exact) mass is 368 g/mol. The number of methoxy groups -OCH3 is 1. The minimum atomic E-state index is 0.442. The second-order valence-electron chi connectivity index (χ2n) is 4.87. The molecule has 0 atom stereocenters. The van der Waals surface area contributed by atoms with Gasteiger partial charge in [-0.3, -0.25) is 4.98 Å². The number of nitrogen functional groups attached to an aromatic ring is 1. The maximum atomic E-state index is 9.40. The summed E-state index contributed by atoms with van der Waals surface area (Å²) >= 11 is 3.50. The van der Waals surface area contributed by atoms with Gasteiger partial charge >= 0.3 is 0 Å². The molecular weight excluding hydrogens is 356 g/mol. The van der Waals surface area contributed by atoms with E-state index in [1.165, 1.54) is 6.20 Å². The smallest absolute Gasteiger partial charge is 0.143 e. The van der Waals surface area contributed by atoms with Crippen LogP contribution in [0, 0.1) is 11.3 Å². The highest BCUT2D eigenvalue weighted by Gasteiger charge is 2.13. The van der Waals surface area contributed by atoms with Crippen molar-refractivity contribution in [2.45, 2.75) is 0 Å². The summed E-state index contributed by atoms with van der Waals surface area (Å²) < 4.78 is 6.13. The van der Waals surface area contributed by atoms with E-state index in [9.17, 15) is 5.26 Å². The third-order valence-electron chi connectivity index (χ3n) is 3.47. The van der Waals surface area contributed by atoms with Crippen molar-refractivity contribution in [3.05, 3.63) is 52.6 Å². The average Bonchev–Trinajstić information content (AvgIpc) is 2.56. The molecule has 3 aromatic rings. The zero-order valence-corrected chi connectivity index (χ0v) is 13.9. The number of fused-ring (bicyclic) bond motifs is 1. The minimum Gasteiger partial charge on any atom is -0.495 e. The fraction of sp³-hybridized carbons (Fsp3) is 0.0588. The second-order valence-corrected chi connectivity index (χ2v) is 5.73. The first kappa shape index (κ1) is 15.1. The Labute approximate surface area is 141 Å². The number of rotatable bonds is 3. The molecule has 114 valence electrons. The zero-order chi connectivity index (χ0) is 16.4. The first-order chi connectivity index (χ1) is 11.1. The quantitative estimate of drug-likeness (QED) is 0.676. The number of nitrogens with one attached hydrogen (secondary N) is 1. The summed E-state index contributed by atoms with van der Waals surface area (Å²) in [6.45, 7) is 0. The van der Waals surface area contributed by atoms with E-state index in [0.29, 0.717) is 28.2 Å². The maximum absolute atomic E-state index is 9.40. The number of hydrogen-bond acceptors (Lipinski definition) is 5. The highest BCUT2D eigenvalue weighted by Crippen LogP contribution is 2.35. The summed E-state index contributed by atoms with van der Waals surface area (Å²) in [5.74, 6) is 0.557. The molecule has 0 spiro atoms. The van der Waals surface area contributed by atoms with Crippen molar-refractivity contribution >= 4 is 43.9 Å². The van der Waals surface area contributed by atoms with Gasteiger partial charge in [0.15, 0.2) is 0 Å². The van der Waals surface area contributed by atoms with Gasteiger partial charge in [-0.05, 0) is 34.1 Å². The molecular formula is C17H13BrN4O. The molecule has 6 heteroatoms. The van der Waals surface area contributed by atoms with Gasteiger partial charge in [-0.1, -0.05) is 12.1 Å². The van der Waals surface area contributed by atoms with E-state index < -0.39 is 0 Å². The van der Waals surface area contributed by atoms with Crippen molar-refractivity contribution in [2.75, 3.05) is 18.2 Å². The molecule has 5 nitrogen and oxygen atoms in total. The Morgan fingerprint density at radius 2 is 2.09 bits per heavy atom. The van der Waals surface area contributed by atoms with E-state index in [-0.39, 0.29) is 0 Å². The molecule has 0 aliphatic carbocycles. The van der Waals surface area contributed by atoms with E-state index in [1.807, 2.05) is 24.3 Å². The molecule has 23 heavy (non-hydrogen) atoms. The lowest BCUT2D eigenvalue weighted by molar-refractivity contribution is 0.417. The number of pyridine rings is 1. The van der Waals surface area contributed by atoms with Crippen LogP contribution in [0.5, 0.6) is 5.75 Å². The first-order valence-corrected chi connectivity index (χ1v) is 7.61. The molecule has 0 fully saturated rings. The van der Waals surface area contributed by atoms with Gasteiger partial charge in [-0.2, -0.15) is 5.26 Å². The lowest BCUT2D eigenvalue weighted by Crippen LogP contribution is -1.99. The molecule has 0 amide bonds. The normalized spacial score (nSPS) is 10.3. The third kappa shape index (κ3) is 2.79. The fourth-order valence-corrected chi connectivity index (χ4v) is 2.71. The van der Waals surface area contributed by atoms with E-state index in [2.05, 4.69) is 32.3 Å². The molecule has 1 heterocycles. The summed E-state index contributed by atoms with van der Waals surface area (Å²) in [5.41, 5.74) is 9.16. The molecule has 2 aromatic carbocycles. The number of anilines is 3. The number of para-hydroxylation sites is 1. The Morgan fingerprint density at radius 3 is 2.78 bits per heavy atom. The molecule has 0 saturated heterocycles. The first-order valence-electron chi connectivity index (χ1n) is 6.82. The van der Waals surface area contributed by atoms with Gasteiger partial charge in [0.05, 0.1) is 35.3 Å². The van der Waals surface area contributed by atoms with Crippen LogP contribution in [0.2, 0.25) is 0 Å². The average molecular weight is 369 g/mol.